The van der Waals surface area contributed by atoms with E-state index in [-0.39, 0.29) is 5.28 Å². The molecule has 0 aliphatic rings. The second-order valence-electron chi connectivity index (χ2n) is 4.54. The minimum Gasteiger partial charge on any atom is -0.481 e. The van der Waals surface area contributed by atoms with Gasteiger partial charge in [-0.1, -0.05) is 18.6 Å². The van der Waals surface area contributed by atoms with Crippen LogP contribution in [-0.2, 0) is 11.2 Å². The Hall–Kier alpha value is -1.46. The first-order valence-corrected chi connectivity index (χ1v) is 7.35. The summed E-state index contributed by atoms with van der Waals surface area (Å²) in [5.41, 5.74) is 1.39. The fourth-order valence-corrected chi connectivity index (χ4v) is 2.17. The van der Waals surface area contributed by atoms with Crippen LogP contribution in [-0.4, -0.2) is 37.0 Å². The lowest BCUT2D eigenvalue weighted by Gasteiger charge is -2.10. The van der Waals surface area contributed by atoms with Crippen LogP contribution in [0.2, 0.25) is 5.28 Å². The Labute approximate surface area is 130 Å². The summed E-state index contributed by atoms with van der Waals surface area (Å²) in [7, 11) is 3.24. The van der Waals surface area contributed by atoms with E-state index < -0.39 is 0 Å². The largest absolute Gasteiger partial charge is 0.481 e. The smallest absolute Gasteiger partial charge is 0.226 e. The van der Waals surface area contributed by atoms with Crippen LogP contribution in [0, 0.1) is 5.41 Å². The van der Waals surface area contributed by atoms with Crippen molar-refractivity contribution in [3.05, 3.63) is 28.7 Å². The van der Waals surface area contributed by atoms with Crippen molar-refractivity contribution < 1.29 is 9.47 Å². The molecular weight excluding hydrogens is 290 g/mol. The molecule has 0 aliphatic heterocycles. The topological polar surface area (TPSA) is 68.1 Å². The van der Waals surface area contributed by atoms with Gasteiger partial charge in [0.25, 0.3) is 0 Å². The highest BCUT2D eigenvalue weighted by atomic mass is 35.5. The van der Waals surface area contributed by atoms with Crippen LogP contribution in [0.15, 0.2) is 12.2 Å². The third-order valence-electron chi connectivity index (χ3n) is 3.03. The minimum absolute atomic E-state index is 0.109. The molecule has 0 amide bonds. The molecular formula is C15H22ClN3O2. The monoisotopic (exact) mass is 311 g/mol. The summed E-state index contributed by atoms with van der Waals surface area (Å²) >= 11 is 5.80. The summed E-state index contributed by atoms with van der Waals surface area (Å²) in [6.45, 7) is 0.669. The lowest BCUT2D eigenvalue weighted by molar-refractivity contribution is 0.233. The van der Waals surface area contributed by atoms with Crippen molar-refractivity contribution >= 4 is 17.8 Å². The SMILES string of the molecule is COC/C=C/CCCCCc1c(C=N)nc(Cl)nc1OC. The van der Waals surface area contributed by atoms with Gasteiger partial charge in [-0.25, -0.2) is 4.98 Å². The number of unbranched alkanes of at least 4 members (excludes halogenated alkanes) is 3. The van der Waals surface area contributed by atoms with Gasteiger partial charge in [0.2, 0.25) is 11.2 Å². The molecule has 116 valence electrons. The maximum absolute atomic E-state index is 7.41. The van der Waals surface area contributed by atoms with E-state index in [0.717, 1.165) is 37.7 Å². The Morgan fingerprint density at radius 2 is 1.95 bits per heavy atom. The van der Waals surface area contributed by atoms with Crippen molar-refractivity contribution in [3.8, 4) is 5.88 Å². The lowest BCUT2D eigenvalue weighted by Crippen LogP contribution is -2.04. The number of nitrogens with one attached hydrogen (secondary N) is 1. The molecule has 1 heterocycles. The van der Waals surface area contributed by atoms with Crippen LogP contribution in [0.25, 0.3) is 0 Å². The summed E-state index contributed by atoms with van der Waals surface area (Å²) in [6, 6.07) is 0. The average Bonchev–Trinajstić information content (AvgIpc) is 2.50. The van der Waals surface area contributed by atoms with Gasteiger partial charge >= 0.3 is 0 Å². The number of allylic oxidation sites excluding steroid dienone is 1. The molecule has 0 radical (unpaired) electrons. The first kappa shape index (κ1) is 17.6. The number of ether oxygens (including phenoxy) is 2. The third-order valence-corrected chi connectivity index (χ3v) is 3.20. The molecule has 0 atom stereocenters. The fourth-order valence-electron chi connectivity index (χ4n) is 2.00. The number of rotatable bonds is 10. The molecule has 6 heteroatoms. The molecule has 0 aromatic carbocycles. The van der Waals surface area contributed by atoms with Gasteiger partial charge in [0.15, 0.2) is 0 Å². The van der Waals surface area contributed by atoms with Crippen molar-refractivity contribution in [1.82, 2.24) is 9.97 Å². The first-order chi connectivity index (χ1) is 10.2. The number of aromatic nitrogens is 2. The van der Waals surface area contributed by atoms with Gasteiger partial charge in [0, 0.05) is 18.9 Å². The Morgan fingerprint density at radius 1 is 1.14 bits per heavy atom. The molecule has 0 spiro atoms. The highest BCUT2D eigenvalue weighted by Gasteiger charge is 2.12. The van der Waals surface area contributed by atoms with Crippen LogP contribution in [0.3, 0.4) is 0 Å². The van der Waals surface area contributed by atoms with Crippen molar-refractivity contribution in [2.24, 2.45) is 0 Å². The molecule has 1 N–H and O–H groups in total. The van der Waals surface area contributed by atoms with E-state index in [1.54, 1.807) is 14.2 Å². The van der Waals surface area contributed by atoms with E-state index in [0.29, 0.717) is 18.2 Å². The zero-order chi connectivity index (χ0) is 15.5. The predicted molar refractivity (Wildman–Crippen MR) is 84.7 cm³/mol. The van der Waals surface area contributed by atoms with E-state index in [1.807, 2.05) is 6.08 Å². The third kappa shape index (κ3) is 6.23. The Bertz CT molecular complexity index is 478. The van der Waals surface area contributed by atoms with Crippen molar-refractivity contribution in [2.45, 2.75) is 32.1 Å². The fraction of sp³-hybridized carbons (Fsp3) is 0.533. The first-order valence-electron chi connectivity index (χ1n) is 6.97. The van der Waals surface area contributed by atoms with Crippen molar-refractivity contribution in [1.29, 1.82) is 5.41 Å². The van der Waals surface area contributed by atoms with Crippen LogP contribution < -0.4 is 4.74 Å². The molecule has 0 aliphatic carbocycles. The minimum atomic E-state index is 0.109. The highest BCUT2D eigenvalue weighted by molar-refractivity contribution is 6.28. The Balaban J connectivity index is 2.46. The average molecular weight is 312 g/mol. The van der Waals surface area contributed by atoms with E-state index in [4.69, 9.17) is 26.5 Å². The molecule has 0 saturated heterocycles. The summed E-state index contributed by atoms with van der Waals surface area (Å²) in [6.07, 6.45) is 10.4. The van der Waals surface area contributed by atoms with E-state index >= 15 is 0 Å². The van der Waals surface area contributed by atoms with Crippen LogP contribution in [0.4, 0.5) is 0 Å². The van der Waals surface area contributed by atoms with Gasteiger partial charge < -0.3 is 14.9 Å². The van der Waals surface area contributed by atoms with Gasteiger partial charge in [0.1, 0.15) is 0 Å². The van der Waals surface area contributed by atoms with Gasteiger partial charge in [-0.05, 0) is 37.3 Å². The molecule has 0 saturated carbocycles. The van der Waals surface area contributed by atoms with Crippen LogP contribution >= 0.6 is 11.6 Å². The van der Waals surface area contributed by atoms with Gasteiger partial charge in [-0.2, -0.15) is 4.98 Å². The van der Waals surface area contributed by atoms with Gasteiger partial charge in [-0.15, -0.1) is 0 Å². The Kier molecular flexibility index (Phi) is 8.62. The standard InChI is InChI=1S/C15H22ClN3O2/c1-20-10-8-6-4-3-5-7-9-12-13(11-17)18-15(16)19-14(12)21-2/h6,8,11,17H,3-5,7,9-10H2,1-2H3/b8-6+,17-11?. The molecule has 0 fully saturated rings. The molecule has 21 heavy (non-hydrogen) atoms. The summed E-state index contributed by atoms with van der Waals surface area (Å²) < 4.78 is 10.2. The molecule has 0 unspecified atom stereocenters. The molecule has 1 aromatic rings. The Morgan fingerprint density at radius 3 is 2.62 bits per heavy atom. The summed E-state index contributed by atoms with van der Waals surface area (Å²) in [5, 5.41) is 7.52. The molecule has 0 bridgehead atoms. The molecule has 1 aromatic heterocycles. The molecule has 1 rings (SSSR count). The maximum Gasteiger partial charge on any atom is 0.226 e. The zero-order valence-corrected chi connectivity index (χ0v) is 13.3. The highest BCUT2D eigenvalue weighted by Crippen LogP contribution is 2.22. The van der Waals surface area contributed by atoms with Crippen molar-refractivity contribution in [2.75, 3.05) is 20.8 Å². The number of hydrogen-bond donors (Lipinski definition) is 1. The molecule has 5 nitrogen and oxygen atoms in total. The second kappa shape index (κ2) is 10.3. The van der Waals surface area contributed by atoms with Crippen LogP contribution in [0.5, 0.6) is 5.88 Å². The number of hydrogen-bond acceptors (Lipinski definition) is 5. The zero-order valence-electron chi connectivity index (χ0n) is 12.6. The van der Waals surface area contributed by atoms with Crippen LogP contribution in [0.1, 0.15) is 36.9 Å². The van der Waals surface area contributed by atoms with Crippen molar-refractivity contribution in [3.63, 3.8) is 0 Å². The van der Waals surface area contributed by atoms with Gasteiger partial charge in [0.05, 0.1) is 19.4 Å². The summed E-state index contributed by atoms with van der Waals surface area (Å²) in [4.78, 5) is 8.11. The number of halogens is 1. The number of nitrogens with zero attached hydrogens (tertiary/aromatic N) is 2. The maximum atomic E-state index is 7.41. The van der Waals surface area contributed by atoms with E-state index in [1.165, 1.54) is 6.21 Å². The van der Waals surface area contributed by atoms with E-state index in [9.17, 15) is 0 Å². The predicted octanol–water partition coefficient (Wildman–Crippen LogP) is 3.44. The van der Waals surface area contributed by atoms with E-state index in [2.05, 4.69) is 16.0 Å². The second-order valence-corrected chi connectivity index (χ2v) is 4.87. The quantitative estimate of drug-likeness (QED) is 0.311. The normalized spacial score (nSPS) is 11.0. The summed E-state index contributed by atoms with van der Waals surface area (Å²) in [5.74, 6) is 0.466. The lowest BCUT2D eigenvalue weighted by atomic mass is 10.1. The number of methoxy groups -OCH3 is 2. The van der Waals surface area contributed by atoms with Gasteiger partial charge in [-0.3, -0.25) is 0 Å².